The van der Waals surface area contributed by atoms with Crippen molar-refractivity contribution in [1.29, 1.82) is 0 Å². The van der Waals surface area contributed by atoms with Crippen LogP contribution in [-0.2, 0) is 4.79 Å². The number of likely N-dealkylation sites (tertiary alicyclic amines) is 1. The molecule has 2 heterocycles. The molecule has 1 atom stereocenters. The lowest BCUT2D eigenvalue weighted by Gasteiger charge is -2.24. The molecule has 1 aromatic heterocycles. The minimum Gasteiger partial charge on any atom is -0.491 e. The molecule has 0 radical (unpaired) electrons. The van der Waals surface area contributed by atoms with Gasteiger partial charge in [-0.25, -0.2) is 9.78 Å². The van der Waals surface area contributed by atoms with Gasteiger partial charge in [-0.2, -0.15) is 0 Å². The summed E-state index contributed by atoms with van der Waals surface area (Å²) in [5.74, 6) is 3.01. The molecule has 27 heavy (non-hydrogen) atoms. The minimum atomic E-state index is -1.03. The molecule has 1 saturated heterocycles. The summed E-state index contributed by atoms with van der Waals surface area (Å²) < 4.78 is 6.53. The van der Waals surface area contributed by atoms with Gasteiger partial charge in [-0.3, -0.25) is 4.79 Å². The van der Waals surface area contributed by atoms with Gasteiger partial charge < -0.3 is 14.7 Å². The normalized spacial score (nSPS) is 16.3. The molecule has 8 heteroatoms. The first-order chi connectivity index (χ1) is 13.1. The van der Waals surface area contributed by atoms with Gasteiger partial charge in [0.15, 0.2) is 10.0 Å². The number of terminal acetylenes is 1. The number of carbonyl (C=O) groups excluding carboxylic acids is 1. The second-order valence-electron chi connectivity index (χ2n) is 5.92. The zero-order chi connectivity index (χ0) is 19.2. The van der Waals surface area contributed by atoms with Crippen LogP contribution in [0.25, 0.3) is 0 Å². The van der Waals surface area contributed by atoms with Crippen LogP contribution in [0.5, 0.6) is 5.75 Å². The summed E-state index contributed by atoms with van der Waals surface area (Å²) in [7, 11) is 0. The van der Waals surface area contributed by atoms with Crippen molar-refractivity contribution >= 4 is 35.0 Å². The van der Waals surface area contributed by atoms with E-state index in [1.807, 2.05) is 23.1 Å². The fourth-order valence-electron chi connectivity index (χ4n) is 2.79. The number of carbonyl (C=O) groups is 2. The molecule has 0 unspecified atom stereocenters. The van der Waals surface area contributed by atoms with Gasteiger partial charge in [0.2, 0.25) is 5.91 Å². The number of thiazole rings is 1. The first-order valence-electron chi connectivity index (χ1n) is 8.37. The van der Waals surface area contributed by atoms with E-state index in [1.165, 1.54) is 28.5 Å². The second-order valence-corrected chi connectivity index (χ2v) is 8.12. The number of benzene rings is 1. The van der Waals surface area contributed by atoms with Crippen molar-refractivity contribution in [3.8, 4) is 18.1 Å². The predicted octanol–water partition coefficient (Wildman–Crippen LogP) is 2.98. The highest BCUT2D eigenvalue weighted by Gasteiger charge is 2.31. The van der Waals surface area contributed by atoms with E-state index in [0.717, 1.165) is 12.0 Å². The number of ether oxygens (including phenoxy) is 1. The Kier molecular flexibility index (Phi) is 6.37. The van der Waals surface area contributed by atoms with Crippen molar-refractivity contribution < 1.29 is 19.4 Å². The number of hydrogen-bond acceptors (Lipinski definition) is 6. The standard InChI is InChI=1S/C19H18N2O4S2/c1-2-13-4-3-5-15(10-13)25-11-14-6-7-17(22)21(14)8-9-26-19-20-16(12-27-19)18(23)24/h1,3-5,10,12,14H,6-9,11H2,(H,23,24)/t14-/m1/s1. The summed E-state index contributed by atoms with van der Waals surface area (Å²) in [6.45, 7) is 0.995. The summed E-state index contributed by atoms with van der Waals surface area (Å²) in [6, 6.07) is 7.36. The molecule has 0 aliphatic carbocycles. The third-order valence-corrected chi connectivity index (χ3v) is 6.16. The molecule has 1 aromatic carbocycles. The Labute approximate surface area is 165 Å². The van der Waals surface area contributed by atoms with Crippen LogP contribution in [0.1, 0.15) is 28.9 Å². The number of rotatable bonds is 8. The maximum atomic E-state index is 12.2. The van der Waals surface area contributed by atoms with Crippen LogP contribution in [-0.4, -0.2) is 51.8 Å². The Hall–Kier alpha value is -2.50. The smallest absolute Gasteiger partial charge is 0.355 e. The number of aromatic nitrogens is 1. The Morgan fingerprint density at radius 1 is 1.52 bits per heavy atom. The molecule has 1 aliphatic rings. The Bertz CT molecular complexity index is 875. The van der Waals surface area contributed by atoms with Gasteiger partial charge in [0.05, 0.1) is 6.04 Å². The molecule has 3 rings (SSSR count). The van der Waals surface area contributed by atoms with Crippen molar-refractivity contribution in [1.82, 2.24) is 9.88 Å². The first kappa shape index (κ1) is 19.3. The average molecular weight is 402 g/mol. The number of thioether (sulfide) groups is 1. The van der Waals surface area contributed by atoms with Crippen LogP contribution in [0, 0.1) is 12.3 Å². The quantitative estimate of drug-likeness (QED) is 0.540. The number of carboxylic acids is 1. The third-order valence-electron chi connectivity index (χ3n) is 4.16. The van der Waals surface area contributed by atoms with Crippen LogP contribution in [0.4, 0.5) is 0 Å². The summed E-state index contributed by atoms with van der Waals surface area (Å²) >= 11 is 2.76. The molecule has 140 valence electrons. The molecule has 6 nitrogen and oxygen atoms in total. The van der Waals surface area contributed by atoms with E-state index in [4.69, 9.17) is 16.3 Å². The molecule has 1 fully saturated rings. The molecule has 0 saturated carbocycles. The van der Waals surface area contributed by atoms with E-state index in [-0.39, 0.29) is 17.6 Å². The van der Waals surface area contributed by atoms with Gasteiger partial charge in [0, 0.05) is 29.7 Å². The zero-order valence-electron chi connectivity index (χ0n) is 14.5. The van der Waals surface area contributed by atoms with Crippen molar-refractivity contribution in [2.75, 3.05) is 18.9 Å². The van der Waals surface area contributed by atoms with Crippen LogP contribution >= 0.6 is 23.1 Å². The first-order valence-corrected chi connectivity index (χ1v) is 10.2. The van der Waals surface area contributed by atoms with E-state index in [1.54, 1.807) is 6.07 Å². The molecular weight excluding hydrogens is 384 g/mol. The van der Waals surface area contributed by atoms with Gasteiger partial charge in [0.25, 0.3) is 0 Å². The van der Waals surface area contributed by atoms with Crippen LogP contribution < -0.4 is 4.74 Å². The Morgan fingerprint density at radius 3 is 3.11 bits per heavy atom. The molecule has 0 spiro atoms. The molecule has 1 amide bonds. The average Bonchev–Trinajstić information content (AvgIpc) is 3.28. The summed E-state index contributed by atoms with van der Waals surface area (Å²) in [5.41, 5.74) is 0.813. The highest BCUT2D eigenvalue weighted by atomic mass is 32.2. The van der Waals surface area contributed by atoms with Gasteiger partial charge in [-0.15, -0.1) is 17.8 Å². The van der Waals surface area contributed by atoms with E-state index in [9.17, 15) is 9.59 Å². The van der Waals surface area contributed by atoms with E-state index in [2.05, 4.69) is 10.9 Å². The maximum Gasteiger partial charge on any atom is 0.355 e. The van der Waals surface area contributed by atoms with Gasteiger partial charge >= 0.3 is 5.97 Å². The maximum absolute atomic E-state index is 12.2. The highest BCUT2D eigenvalue weighted by Crippen LogP contribution is 2.25. The highest BCUT2D eigenvalue weighted by molar-refractivity contribution is 8.01. The number of amides is 1. The predicted molar refractivity (Wildman–Crippen MR) is 104 cm³/mol. The zero-order valence-corrected chi connectivity index (χ0v) is 16.1. The third kappa shape index (κ3) is 5.02. The minimum absolute atomic E-state index is 0.0264. The van der Waals surface area contributed by atoms with Gasteiger partial charge in [0.1, 0.15) is 12.4 Å². The SMILES string of the molecule is C#Cc1cccc(OC[C@H]2CCC(=O)N2CCSc2nc(C(=O)O)cs2)c1. The molecule has 1 N–H and O–H groups in total. The fourth-order valence-corrected chi connectivity index (χ4v) is 4.60. The van der Waals surface area contributed by atoms with Crippen molar-refractivity contribution in [3.05, 3.63) is 40.9 Å². The Balaban J connectivity index is 1.51. The number of hydrogen-bond donors (Lipinski definition) is 1. The second kappa shape index (κ2) is 8.93. The lowest BCUT2D eigenvalue weighted by atomic mass is 10.2. The molecular formula is C19H18N2O4S2. The lowest BCUT2D eigenvalue weighted by molar-refractivity contribution is -0.129. The van der Waals surface area contributed by atoms with Crippen molar-refractivity contribution in [2.45, 2.75) is 23.2 Å². The van der Waals surface area contributed by atoms with E-state index >= 15 is 0 Å². The molecule has 1 aliphatic heterocycles. The number of nitrogens with zero attached hydrogens (tertiary/aromatic N) is 2. The number of carboxylic acid groups (broad SMARTS) is 1. The summed E-state index contributed by atoms with van der Waals surface area (Å²) in [6.07, 6.45) is 6.68. The lowest BCUT2D eigenvalue weighted by Crippen LogP contribution is -2.38. The van der Waals surface area contributed by atoms with Crippen LogP contribution in [0.3, 0.4) is 0 Å². The van der Waals surface area contributed by atoms with E-state index in [0.29, 0.717) is 35.4 Å². The molecule has 0 bridgehead atoms. The largest absolute Gasteiger partial charge is 0.491 e. The topological polar surface area (TPSA) is 79.7 Å². The fraction of sp³-hybridized carbons (Fsp3) is 0.316. The summed E-state index contributed by atoms with van der Waals surface area (Å²) in [4.78, 5) is 28.9. The number of aromatic carboxylic acids is 1. The monoisotopic (exact) mass is 402 g/mol. The Morgan fingerprint density at radius 2 is 2.37 bits per heavy atom. The van der Waals surface area contributed by atoms with Crippen LogP contribution in [0.15, 0.2) is 34.0 Å². The van der Waals surface area contributed by atoms with Crippen molar-refractivity contribution in [3.63, 3.8) is 0 Å². The summed E-state index contributed by atoms with van der Waals surface area (Å²) in [5, 5.41) is 10.4. The van der Waals surface area contributed by atoms with Crippen molar-refractivity contribution in [2.24, 2.45) is 0 Å². The van der Waals surface area contributed by atoms with Crippen LogP contribution in [0.2, 0.25) is 0 Å². The molecule has 2 aromatic rings. The van der Waals surface area contributed by atoms with Gasteiger partial charge in [-0.05, 0) is 24.6 Å². The van der Waals surface area contributed by atoms with E-state index < -0.39 is 5.97 Å². The van der Waals surface area contributed by atoms with Gasteiger partial charge in [-0.1, -0.05) is 23.7 Å².